The number of carbonyl (C=O) groups is 1. The van der Waals surface area contributed by atoms with E-state index in [9.17, 15) is 15.0 Å². The van der Waals surface area contributed by atoms with Crippen molar-refractivity contribution in [1.29, 1.82) is 0 Å². The van der Waals surface area contributed by atoms with Crippen molar-refractivity contribution in [1.82, 2.24) is 15.1 Å². The van der Waals surface area contributed by atoms with Gasteiger partial charge in [-0.3, -0.25) is 4.79 Å². The maximum Gasteiger partial charge on any atom is 0.285 e. The molecular weight excluding hydrogens is 244 g/mol. The van der Waals surface area contributed by atoms with Crippen LogP contribution in [0, 0.1) is 0 Å². The molecule has 7 nitrogen and oxygen atoms in total. The Kier molecular flexibility index (Phi) is 3.55. The Bertz CT molecular complexity index is 401. The van der Waals surface area contributed by atoms with E-state index in [1.54, 1.807) is 0 Å². The van der Waals surface area contributed by atoms with E-state index >= 15 is 0 Å². The summed E-state index contributed by atoms with van der Waals surface area (Å²) in [6.45, 7) is 2.91. The van der Waals surface area contributed by atoms with E-state index in [0.29, 0.717) is 11.7 Å². The summed E-state index contributed by atoms with van der Waals surface area (Å²) < 4.78 is 0. The number of aliphatic hydroxyl groups is 2. The molecule has 1 aromatic heterocycles. The molecule has 2 unspecified atom stereocenters. The summed E-state index contributed by atoms with van der Waals surface area (Å²) >= 11 is 1.17. The molecule has 0 spiro atoms. The number of rotatable bonds is 3. The standard InChI is InChI=1S/C9H14N4O3S/c1-2-10-9-12-11-7(17-9)8(16)13-3-5(14)6(15)4-13/h5-6,14-15H,2-4H2,1H3,(H,10,12). The van der Waals surface area contributed by atoms with Gasteiger partial charge in [-0.2, -0.15) is 0 Å². The van der Waals surface area contributed by atoms with Crippen molar-refractivity contribution in [2.75, 3.05) is 25.0 Å². The number of aliphatic hydroxyl groups excluding tert-OH is 2. The second-order valence-corrected chi connectivity index (χ2v) is 4.77. The van der Waals surface area contributed by atoms with Crippen molar-refractivity contribution < 1.29 is 15.0 Å². The highest BCUT2D eigenvalue weighted by molar-refractivity contribution is 7.17. The maximum absolute atomic E-state index is 11.9. The van der Waals surface area contributed by atoms with Crippen LogP contribution in [0.3, 0.4) is 0 Å². The van der Waals surface area contributed by atoms with Crippen LogP contribution in [0.4, 0.5) is 5.13 Å². The monoisotopic (exact) mass is 258 g/mol. The molecule has 0 radical (unpaired) electrons. The molecule has 1 aromatic rings. The molecule has 0 aliphatic carbocycles. The number of carbonyl (C=O) groups excluding carboxylic acids is 1. The molecule has 0 bridgehead atoms. The first-order chi connectivity index (χ1) is 8.11. The quantitative estimate of drug-likeness (QED) is 0.653. The Morgan fingerprint density at radius 3 is 2.71 bits per heavy atom. The zero-order valence-electron chi connectivity index (χ0n) is 9.33. The van der Waals surface area contributed by atoms with Gasteiger partial charge in [-0.1, -0.05) is 11.3 Å². The number of nitrogens with one attached hydrogen (secondary N) is 1. The minimum absolute atomic E-state index is 0.135. The van der Waals surface area contributed by atoms with Gasteiger partial charge in [0.15, 0.2) is 0 Å². The van der Waals surface area contributed by atoms with Crippen LogP contribution < -0.4 is 5.32 Å². The van der Waals surface area contributed by atoms with Crippen LogP contribution in [0.15, 0.2) is 0 Å². The predicted octanol–water partition coefficient (Wildman–Crippen LogP) is -0.853. The third-order valence-corrected chi connectivity index (χ3v) is 3.35. The second kappa shape index (κ2) is 4.94. The Balaban J connectivity index is 2.04. The van der Waals surface area contributed by atoms with E-state index in [4.69, 9.17) is 0 Å². The first-order valence-electron chi connectivity index (χ1n) is 5.34. The van der Waals surface area contributed by atoms with E-state index < -0.39 is 12.2 Å². The van der Waals surface area contributed by atoms with Gasteiger partial charge in [-0.05, 0) is 6.92 Å². The number of likely N-dealkylation sites (tertiary alicyclic amines) is 1. The average molecular weight is 258 g/mol. The smallest absolute Gasteiger partial charge is 0.285 e. The summed E-state index contributed by atoms with van der Waals surface area (Å²) in [6.07, 6.45) is -1.75. The number of amides is 1. The molecule has 1 fully saturated rings. The largest absolute Gasteiger partial charge is 0.388 e. The van der Waals surface area contributed by atoms with Crippen molar-refractivity contribution in [2.24, 2.45) is 0 Å². The minimum Gasteiger partial charge on any atom is -0.388 e. The van der Waals surface area contributed by atoms with Crippen molar-refractivity contribution >= 4 is 22.4 Å². The molecule has 2 atom stereocenters. The van der Waals surface area contributed by atoms with E-state index in [1.165, 1.54) is 16.2 Å². The van der Waals surface area contributed by atoms with Crippen molar-refractivity contribution in [3.63, 3.8) is 0 Å². The maximum atomic E-state index is 11.9. The van der Waals surface area contributed by atoms with Gasteiger partial charge in [0.1, 0.15) is 0 Å². The fraction of sp³-hybridized carbons (Fsp3) is 0.667. The lowest BCUT2D eigenvalue weighted by atomic mass is 10.3. The Morgan fingerprint density at radius 2 is 2.12 bits per heavy atom. The van der Waals surface area contributed by atoms with Crippen LogP contribution in [-0.4, -0.2) is 63.1 Å². The van der Waals surface area contributed by atoms with Crippen LogP contribution >= 0.6 is 11.3 Å². The number of nitrogens with zero attached hydrogens (tertiary/aromatic N) is 3. The normalized spacial score (nSPS) is 24.1. The number of anilines is 1. The lowest BCUT2D eigenvalue weighted by molar-refractivity contribution is 0.0572. The van der Waals surface area contributed by atoms with Gasteiger partial charge < -0.3 is 20.4 Å². The highest BCUT2D eigenvalue weighted by Gasteiger charge is 2.34. The Hall–Kier alpha value is -1.25. The van der Waals surface area contributed by atoms with Gasteiger partial charge in [0.2, 0.25) is 10.1 Å². The Labute approximate surface area is 102 Å². The van der Waals surface area contributed by atoms with E-state index in [-0.39, 0.29) is 24.0 Å². The number of aromatic nitrogens is 2. The Morgan fingerprint density at radius 1 is 1.47 bits per heavy atom. The molecule has 1 aliphatic rings. The topological polar surface area (TPSA) is 98.6 Å². The third-order valence-electron chi connectivity index (χ3n) is 2.48. The van der Waals surface area contributed by atoms with Crippen LogP contribution in [0.5, 0.6) is 0 Å². The van der Waals surface area contributed by atoms with E-state index in [0.717, 1.165) is 0 Å². The first-order valence-corrected chi connectivity index (χ1v) is 6.16. The van der Waals surface area contributed by atoms with Crippen LogP contribution in [0.2, 0.25) is 0 Å². The van der Waals surface area contributed by atoms with Gasteiger partial charge in [-0.15, -0.1) is 10.2 Å². The van der Waals surface area contributed by atoms with E-state index in [2.05, 4.69) is 15.5 Å². The second-order valence-electron chi connectivity index (χ2n) is 3.79. The summed E-state index contributed by atoms with van der Waals surface area (Å²) in [6, 6.07) is 0. The average Bonchev–Trinajstić information content (AvgIpc) is 2.87. The molecule has 1 saturated heterocycles. The first kappa shape index (κ1) is 12.2. The molecule has 0 saturated carbocycles. The zero-order valence-corrected chi connectivity index (χ0v) is 10.1. The van der Waals surface area contributed by atoms with Gasteiger partial charge in [0, 0.05) is 19.6 Å². The molecule has 3 N–H and O–H groups in total. The molecular formula is C9H14N4O3S. The summed E-state index contributed by atoms with van der Waals surface area (Å²) in [5.41, 5.74) is 0. The van der Waals surface area contributed by atoms with Gasteiger partial charge >= 0.3 is 0 Å². The molecule has 17 heavy (non-hydrogen) atoms. The molecule has 1 amide bonds. The van der Waals surface area contributed by atoms with E-state index in [1.807, 2.05) is 6.92 Å². The number of β-amino-alcohol motifs (C(OH)–C–C–N with tert-alkyl or cyclic N) is 2. The van der Waals surface area contributed by atoms with Crippen LogP contribution in [-0.2, 0) is 0 Å². The summed E-state index contributed by atoms with van der Waals surface area (Å²) in [5.74, 6) is -0.303. The highest BCUT2D eigenvalue weighted by atomic mass is 32.1. The highest BCUT2D eigenvalue weighted by Crippen LogP contribution is 2.19. The van der Waals surface area contributed by atoms with Gasteiger partial charge in [0.05, 0.1) is 12.2 Å². The summed E-state index contributed by atoms with van der Waals surface area (Å²) in [7, 11) is 0. The fourth-order valence-corrected chi connectivity index (χ4v) is 2.38. The van der Waals surface area contributed by atoms with Crippen LogP contribution in [0.1, 0.15) is 16.7 Å². The molecule has 0 aromatic carbocycles. The molecule has 2 heterocycles. The number of hydrogen-bond acceptors (Lipinski definition) is 7. The summed E-state index contributed by atoms with van der Waals surface area (Å²) in [5, 5.41) is 30.2. The van der Waals surface area contributed by atoms with Crippen molar-refractivity contribution in [2.45, 2.75) is 19.1 Å². The summed E-state index contributed by atoms with van der Waals surface area (Å²) in [4.78, 5) is 13.3. The third kappa shape index (κ3) is 2.54. The lowest BCUT2D eigenvalue weighted by Crippen LogP contribution is -2.29. The zero-order chi connectivity index (χ0) is 12.4. The van der Waals surface area contributed by atoms with Crippen LogP contribution in [0.25, 0.3) is 0 Å². The molecule has 2 rings (SSSR count). The SMILES string of the molecule is CCNc1nnc(C(=O)N2CC(O)C(O)C2)s1. The number of hydrogen-bond donors (Lipinski definition) is 3. The van der Waals surface area contributed by atoms with Crippen molar-refractivity contribution in [3.8, 4) is 0 Å². The molecule has 94 valence electrons. The van der Waals surface area contributed by atoms with Gasteiger partial charge in [-0.25, -0.2) is 0 Å². The molecule has 8 heteroatoms. The van der Waals surface area contributed by atoms with Crippen molar-refractivity contribution in [3.05, 3.63) is 5.01 Å². The predicted molar refractivity (Wildman–Crippen MR) is 62.0 cm³/mol. The molecule has 1 aliphatic heterocycles. The fourth-order valence-electron chi connectivity index (χ4n) is 1.60. The lowest BCUT2D eigenvalue weighted by Gasteiger charge is -2.12. The van der Waals surface area contributed by atoms with Gasteiger partial charge in [0.25, 0.3) is 5.91 Å². The minimum atomic E-state index is -0.875.